The lowest BCUT2D eigenvalue weighted by atomic mass is 10.1. The number of anilines is 1. The normalized spacial score (nSPS) is 12.2. The number of carbonyl (C=O) groups excluding carboxylic acids is 2. The number of nitrogens with zero attached hydrogens (tertiary/aromatic N) is 2. The molecule has 2 rings (SSSR count). The predicted octanol–water partition coefficient (Wildman–Crippen LogP) is 3.50. The molecule has 2 aromatic carbocycles. The lowest BCUT2D eigenvalue weighted by Gasteiger charge is -2.31. The highest BCUT2D eigenvalue weighted by Gasteiger charge is 2.30. The molecule has 0 bridgehead atoms. The van der Waals surface area contributed by atoms with Crippen molar-refractivity contribution in [2.45, 2.75) is 39.8 Å². The van der Waals surface area contributed by atoms with Gasteiger partial charge in [-0.1, -0.05) is 48.4 Å². The molecule has 33 heavy (non-hydrogen) atoms. The molecule has 2 aromatic rings. The van der Waals surface area contributed by atoms with E-state index in [-0.39, 0.29) is 23.2 Å². The number of aryl methyl sites for hydroxylation is 1. The van der Waals surface area contributed by atoms with Gasteiger partial charge < -0.3 is 10.2 Å². The van der Waals surface area contributed by atoms with Crippen LogP contribution in [0.3, 0.4) is 0 Å². The summed E-state index contributed by atoms with van der Waals surface area (Å²) in [5.41, 5.74) is 1.89. The Balaban J connectivity index is 2.38. The topological polar surface area (TPSA) is 86.8 Å². The summed E-state index contributed by atoms with van der Waals surface area (Å²) in [5, 5.41) is 2.50. The van der Waals surface area contributed by atoms with Crippen LogP contribution in [-0.4, -0.2) is 50.5 Å². The Kier molecular flexibility index (Phi) is 9.25. The molecular formula is C23H29ClFN3O4S. The SMILES string of the molecule is CCCNC(=O)[C@@H](C)N(Cc1ccc(C)cc1)C(=O)CN(c1ccc(F)c(Cl)c1)S(C)(=O)=O. The molecule has 0 saturated heterocycles. The Labute approximate surface area is 199 Å². The van der Waals surface area contributed by atoms with Crippen LogP contribution in [0, 0.1) is 12.7 Å². The van der Waals surface area contributed by atoms with Crippen molar-refractivity contribution in [1.29, 1.82) is 0 Å². The van der Waals surface area contributed by atoms with Gasteiger partial charge in [-0.3, -0.25) is 13.9 Å². The molecule has 180 valence electrons. The van der Waals surface area contributed by atoms with Gasteiger partial charge in [0.25, 0.3) is 0 Å². The van der Waals surface area contributed by atoms with Crippen LogP contribution in [-0.2, 0) is 26.2 Å². The van der Waals surface area contributed by atoms with Gasteiger partial charge in [0.2, 0.25) is 21.8 Å². The fraction of sp³-hybridized carbons (Fsp3) is 0.391. The summed E-state index contributed by atoms with van der Waals surface area (Å²) in [5.74, 6) is -1.63. The molecule has 0 unspecified atom stereocenters. The van der Waals surface area contributed by atoms with Crippen LogP contribution in [0.15, 0.2) is 42.5 Å². The molecule has 0 heterocycles. The quantitative estimate of drug-likeness (QED) is 0.544. The third kappa shape index (κ3) is 7.43. The Hall–Kier alpha value is -2.65. The zero-order chi connectivity index (χ0) is 24.8. The highest BCUT2D eigenvalue weighted by molar-refractivity contribution is 7.92. The van der Waals surface area contributed by atoms with Crippen molar-refractivity contribution in [2.24, 2.45) is 0 Å². The largest absolute Gasteiger partial charge is 0.354 e. The predicted molar refractivity (Wildman–Crippen MR) is 128 cm³/mol. The molecule has 0 aliphatic rings. The first kappa shape index (κ1) is 26.6. The summed E-state index contributed by atoms with van der Waals surface area (Å²) in [4.78, 5) is 27.3. The standard InChI is InChI=1S/C23H29ClFN3O4S/c1-5-12-26-23(30)17(3)27(14-18-8-6-16(2)7-9-18)22(29)15-28(33(4,31)32)19-10-11-21(25)20(24)13-19/h6-11,13,17H,5,12,14-15H2,1-4H3,(H,26,30)/t17-/m1/s1. The molecule has 0 aliphatic heterocycles. The molecule has 0 aromatic heterocycles. The van der Waals surface area contributed by atoms with Gasteiger partial charge in [0.15, 0.2) is 0 Å². The number of rotatable bonds is 10. The fourth-order valence-electron chi connectivity index (χ4n) is 3.12. The van der Waals surface area contributed by atoms with Crippen LogP contribution >= 0.6 is 11.6 Å². The molecule has 0 fully saturated rings. The second kappa shape index (κ2) is 11.5. The molecule has 0 saturated carbocycles. The van der Waals surface area contributed by atoms with Crippen molar-refractivity contribution in [3.05, 3.63) is 64.4 Å². The molecule has 1 atom stereocenters. The average molecular weight is 498 g/mol. The summed E-state index contributed by atoms with van der Waals surface area (Å²) >= 11 is 5.82. The summed E-state index contributed by atoms with van der Waals surface area (Å²) in [6.07, 6.45) is 1.68. The number of hydrogen-bond acceptors (Lipinski definition) is 4. The van der Waals surface area contributed by atoms with Crippen LogP contribution in [0.1, 0.15) is 31.4 Å². The van der Waals surface area contributed by atoms with Crippen molar-refractivity contribution in [2.75, 3.05) is 23.7 Å². The van der Waals surface area contributed by atoms with Crippen molar-refractivity contribution in [3.63, 3.8) is 0 Å². The Morgan fingerprint density at radius 1 is 1.15 bits per heavy atom. The smallest absolute Gasteiger partial charge is 0.244 e. The molecular weight excluding hydrogens is 469 g/mol. The highest BCUT2D eigenvalue weighted by atomic mass is 35.5. The zero-order valence-electron chi connectivity index (χ0n) is 19.1. The lowest BCUT2D eigenvalue weighted by molar-refractivity contribution is -0.139. The van der Waals surface area contributed by atoms with Gasteiger partial charge in [-0.05, 0) is 44.0 Å². The first-order valence-electron chi connectivity index (χ1n) is 10.5. The van der Waals surface area contributed by atoms with E-state index in [1.807, 2.05) is 38.1 Å². The third-order valence-electron chi connectivity index (χ3n) is 5.06. The minimum absolute atomic E-state index is 0.0515. The number of nitrogens with one attached hydrogen (secondary N) is 1. The maximum atomic E-state index is 13.6. The number of sulfonamides is 1. The van der Waals surface area contributed by atoms with Crippen LogP contribution < -0.4 is 9.62 Å². The number of carbonyl (C=O) groups is 2. The van der Waals surface area contributed by atoms with Crippen molar-refractivity contribution < 1.29 is 22.4 Å². The van der Waals surface area contributed by atoms with E-state index < -0.39 is 34.3 Å². The monoisotopic (exact) mass is 497 g/mol. The molecule has 0 radical (unpaired) electrons. The first-order chi connectivity index (χ1) is 15.4. The second-order valence-corrected chi connectivity index (χ2v) is 10.2. The van der Waals surface area contributed by atoms with E-state index in [0.29, 0.717) is 6.54 Å². The van der Waals surface area contributed by atoms with Gasteiger partial charge >= 0.3 is 0 Å². The maximum Gasteiger partial charge on any atom is 0.244 e. The molecule has 10 heteroatoms. The number of halogens is 2. The van der Waals surface area contributed by atoms with E-state index >= 15 is 0 Å². The van der Waals surface area contributed by atoms with Gasteiger partial charge in [0.1, 0.15) is 18.4 Å². The maximum absolute atomic E-state index is 13.6. The Morgan fingerprint density at radius 2 is 1.79 bits per heavy atom. The lowest BCUT2D eigenvalue weighted by Crippen LogP contribution is -2.51. The van der Waals surface area contributed by atoms with E-state index in [2.05, 4.69) is 5.32 Å². The van der Waals surface area contributed by atoms with Crippen molar-refractivity contribution >= 4 is 39.1 Å². The molecule has 0 aliphatic carbocycles. The second-order valence-electron chi connectivity index (χ2n) is 7.84. The number of amides is 2. The third-order valence-corrected chi connectivity index (χ3v) is 6.49. The summed E-state index contributed by atoms with van der Waals surface area (Å²) < 4.78 is 39.4. The molecule has 2 amide bonds. The van der Waals surface area contributed by atoms with Gasteiger partial charge in [-0.25, -0.2) is 12.8 Å². The van der Waals surface area contributed by atoms with E-state index in [1.165, 1.54) is 11.0 Å². The molecule has 0 spiro atoms. The van der Waals surface area contributed by atoms with E-state index in [1.54, 1.807) is 6.92 Å². The van der Waals surface area contributed by atoms with Crippen molar-refractivity contribution in [1.82, 2.24) is 10.2 Å². The van der Waals surface area contributed by atoms with Gasteiger partial charge in [0.05, 0.1) is 17.0 Å². The highest BCUT2D eigenvalue weighted by Crippen LogP contribution is 2.25. The van der Waals surface area contributed by atoms with Crippen LogP contribution in [0.5, 0.6) is 0 Å². The number of hydrogen-bond donors (Lipinski definition) is 1. The van der Waals surface area contributed by atoms with E-state index in [0.717, 1.165) is 40.2 Å². The summed E-state index contributed by atoms with van der Waals surface area (Å²) in [6.45, 7) is 5.44. The van der Waals surface area contributed by atoms with Gasteiger partial charge in [-0.2, -0.15) is 0 Å². The van der Waals surface area contributed by atoms with Crippen LogP contribution in [0.4, 0.5) is 10.1 Å². The van der Waals surface area contributed by atoms with Crippen molar-refractivity contribution in [3.8, 4) is 0 Å². The van der Waals surface area contributed by atoms with Crippen LogP contribution in [0.25, 0.3) is 0 Å². The van der Waals surface area contributed by atoms with Gasteiger partial charge in [-0.15, -0.1) is 0 Å². The first-order valence-corrected chi connectivity index (χ1v) is 12.7. The van der Waals surface area contributed by atoms with Gasteiger partial charge in [0, 0.05) is 13.1 Å². The summed E-state index contributed by atoms with van der Waals surface area (Å²) in [6, 6.07) is 10.0. The fourth-order valence-corrected chi connectivity index (χ4v) is 4.14. The molecule has 7 nitrogen and oxygen atoms in total. The zero-order valence-corrected chi connectivity index (χ0v) is 20.7. The number of benzene rings is 2. The van der Waals surface area contributed by atoms with E-state index in [4.69, 9.17) is 11.6 Å². The summed E-state index contributed by atoms with van der Waals surface area (Å²) in [7, 11) is -3.91. The Morgan fingerprint density at radius 3 is 2.33 bits per heavy atom. The Bertz CT molecular complexity index is 1090. The van der Waals surface area contributed by atoms with E-state index in [9.17, 15) is 22.4 Å². The minimum atomic E-state index is -3.91. The molecule has 1 N–H and O–H groups in total. The van der Waals surface area contributed by atoms with Crippen LogP contribution in [0.2, 0.25) is 5.02 Å². The minimum Gasteiger partial charge on any atom is -0.354 e. The average Bonchev–Trinajstić information content (AvgIpc) is 2.76.